The van der Waals surface area contributed by atoms with Gasteiger partial charge in [-0.1, -0.05) is 0 Å². The Hall–Kier alpha value is -2.00. The molecule has 10 heteroatoms. The van der Waals surface area contributed by atoms with Gasteiger partial charge in [-0.15, -0.1) is 0 Å². The van der Waals surface area contributed by atoms with Crippen molar-refractivity contribution in [1.29, 1.82) is 0 Å². The Bertz CT molecular complexity index is 404. The zero-order valence-corrected chi connectivity index (χ0v) is 11.9. The Labute approximate surface area is 119 Å². The van der Waals surface area contributed by atoms with Crippen LogP contribution in [-0.2, 0) is 9.59 Å². The van der Waals surface area contributed by atoms with Crippen molar-refractivity contribution in [2.45, 2.75) is 32.5 Å². The smallest absolute Gasteiger partial charge is 0.406 e. The quantitative estimate of drug-likeness (QED) is 0.690. The third-order valence-electron chi connectivity index (χ3n) is 1.90. The van der Waals surface area contributed by atoms with Crippen LogP contribution in [0.2, 0.25) is 0 Å². The second-order valence-electron chi connectivity index (χ2n) is 5.32. The van der Waals surface area contributed by atoms with Crippen molar-refractivity contribution < 1.29 is 32.7 Å². The van der Waals surface area contributed by atoms with Crippen LogP contribution in [0.3, 0.4) is 0 Å². The number of carbonyl (C=O) groups excluding carboxylic acids is 2. The molecule has 7 nitrogen and oxygen atoms in total. The zero-order chi connectivity index (χ0) is 16.8. The largest absolute Gasteiger partial charge is 0.480 e. The number of hydrogen-bond donors (Lipinski definition) is 3. The summed E-state index contributed by atoms with van der Waals surface area (Å²) in [5.41, 5.74) is -0.561. The predicted molar refractivity (Wildman–Crippen MR) is 66.6 cm³/mol. The van der Waals surface area contributed by atoms with Crippen LogP contribution in [0.5, 0.6) is 0 Å². The van der Waals surface area contributed by atoms with E-state index in [1.54, 1.807) is 20.8 Å². The summed E-state index contributed by atoms with van der Waals surface area (Å²) in [6.45, 7) is 1.68. The van der Waals surface area contributed by atoms with Crippen molar-refractivity contribution in [1.82, 2.24) is 15.5 Å². The first-order valence-corrected chi connectivity index (χ1v) is 5.92. The highest BCUT2D eigenvalue weighted by Crippen LogP contribution is 2.16. The van der Waals surface area contributed by atoms with E-state index in [0.717, 1.165) is 0 Å². The summed E-state index contributed by atoms with van der Waals surface area (Å²) >= 11 is 0. The van der Waals surface area contributed by atoms with Crippen LogP contribution in [0, 0.1) is 0 Å². The molecule has 3 N–H and O–H groups in total. The highest BCUT2D eigenvalue weighted by atomic mass is 19.4. The van der Waals surface area contributed by atoms with Gasteiger partial charge in [-0.3, -0.25) is 9.59 Å². The Morgan fingerprint density at radius 3 is 2.05 bits per heavy atom. The number of carboxylic acids is 1. The lowest BCUT2D eigenvalue weighted by Crippen LogP contribution is -2.51. The van der Waals surface area contributed by atoms with Gasteiger partial charge in [0.1, 0.15) is 13.1 Å². The van der Waals surface area contributed by atoms with E-state index in [1.807, 2.05) is 5.32 Å². The Morgan fingerprint density at radius 1 is 1.14 bits per heavy atom. The minimum absolute atomic E-state index is 0.0622. The van der Waals surface area contributed by atoms with Gasteiger partial charge in [-0.05, 0) is 20.8 Å². The van der Waals surface area contributed by atoms with Crippen LogP contribution < -0.4 is 10.6 Å². The van der Waals surface area contributed by atoms with Crippen LogP contribution in [-0.4, -0.2) is 59.3 Å². The maximum absolute atomic E-state index is 12.2. The van der Waals surface area contributed by atoms with Crippen molar-refractivity contribution in [3.8, 4) is 0 Å². The number of alkyl halides is 3. The SMILES string of the molecule is CC(C)(C)NC(=O)CNC(=O)N(CC(=O)O)CC(F)(F)F. The highest BCUT2D eigenvalue weighted by molar-refractivity contribution is 5.85. The van der Waals surface area contributed by atoms with Gasteiger partial charge < -0.3 is 20.6 Å². The lowest BCUT2D eigenvalue weighted by atomic mass is 10.1. The molecule has 0 aliphatic carbocycles. The number of aliphatic carboxylic acids is 1. The van der Waals surface area contributed by atoms with Gasteiger partial charge in [0.2, 0.25) is 5.91 Å². The summed E-state index contributed by atoms with van der Waals surface area (Å²) < 4.78 is 36.7. The number of halogens is 3. The lowest BCUT2D eigenvalue weighted by Gasteiger charge is -2.23. The summed E-state index contributed by atoms with van der Waals surface area (Å²) in [6, 6.07) is -1.28. The Balaban J connectivity index is 4.54. The molecule has 122 valence electrons. The predicted octanol–water partition coefficient (Wildman–Crippen LogP) is 0.560. The van der Waals surface area contributed by atoms with E-state index >= 15 is 0 Å². The molecule has 0 saturated carbocycles. The molecule has 3 amide bonds. The van der Waals surface area contributed by atoms with Crippen molar-refractivity contribution in [2.24, 2.45) is 0 Å². The van der Waals surface area contributed by atoms with Crippen LogP contribution in [0.25, 0.3) is 0 Å². The lowest BCUT2D eigenvalue weighted by molar-refractivity contribution is -0.148. The third kappa shape index (κ3) is 10.4. The van der Waals surface area contributed by atoms with Crippen LogP contribution in [0.4, 0.5) is 18.0 Å². The van der Waals surface area contributed by atoms with E-state index in [2.05, 4.69) is 5.32 Å². The molecule has 0 bridgehead atoms. The van der Waals surface area contributed by atoms with E-state index in [9.17, 15) is 27.6 Å². The number of nitrogens with zero attached hydrogens (tertiary/aromatic N) is 1. The summed E-state index contributed by atoms with van der Waals surface area (Å²) in [5, 5.41) is 12.9. The van der Waals surface area contributed by atoms with Gasteiger partial charge in [0.25, 0.3) is 0 Å². The molecule has 0 aliphatic heterocycles. The first kappa shape index (κ1) is 19.0. The van der Waals surface area contributed by atoms with Crippen LogP contribution >= 0.6 is 0 Å². The molecular weight excluding hydrogens is 295 g/mol. The number of hydrogen-bond acceptors (Lipinski definition) is 3. The Morgan fingerprint density at radius 2 is 1.67 bits per heavy atom. The molecule has 0 rings (SSSR count). The standard InChI is InChI=1S/C11H18F3N3O4/c1-10(2,3)16-7(18)4-15-9(21)17(5-8(19)20)6-11(12,13)14/h4-6H2,1-3H3,(H,15,21)(H,16,18)(H,19,20). The zero-order valence-electron chi connectivity index (χ0n) is 11.9. The number of amides is 3. The van der Waals surface area contributed by atoms with E-state index in [-0.39, 0.29) is 4.90 Å². The topological polar surface area (TPSA) is 98.7 Å². The monoisotopic (exact) mass is 313 g/mol. The van der Waals surface area contributed by atoms with Gasteiger partial charge in [0.15, 0.2) is 0 Å². The maximum Gasteiger partial charge on any atom is 0.406 e. The molecule has 0 atom stereocenters. The fourth-order valence-electron chi connectivity index (χ4n) is 1.31. The minimum atomic E-state index is -4.74. The molecule has 0 aromatic rings. The number of carbonyl (C=O) groups is 3. The van der Waals surface area contributed by atoms with Crippen molar-refractivity contribution in [2.75, 3.05) is 19.6 Å². The molecular formula is C11H18F3N3O4. The Kier molecular flexibility index (Phi) is 6.46. The molecule has 0 aromatic carbocycles. The molecule has 0 saturated heterocycles. The van der Waals surface area contributed by atoms with E-state index in [4.69, 9.17) is 5.11 Å². The van der Waals surface area contributed by atoms with Gasteiger partial charge in [0.05, 0.1) is 6.54 Å². The summed E-state index contributed by atoms with van der Waals surface area (Å²) in [6.07, 6.45) is -4.74. The average molecular weight is 313 g/mol. The number of carboxylic acid groups (broad SMARTS) is 1. The van der Waals surface area contributed by atoms with Crippen molar-refractivity contribution in [3.63, 3.8) is 0 Å². The molecule has 0 aromatic heterocycles. The average Bonchev–Trinajstić information content (AvgIpc) is 2.19. The first-order chi connectivity index (χ1) is 9.30. The van der Waals surface area contributed by atoms with Crippen molar-refractivity contribution >= 4 is 17.9 Å². The van der Waals surface area contributed by atoms with E-state index in [1.165, 1.54) is 0 Å². The molecule has 0 radical (unpaired) electrons. The van der Waals surface area contributed by atoms with Gasteiger partial charge >= 0.3 is 18.2 Å². The van der Waals surface area contributed by atoms with Crippen molar-refractivity contribution in [3.05, 3.63) is 0 Å². The van der Waals surface area contributed by atoms with E-state index in [0.29, 0.717) is 0 Å². The third-order valence-corrected chi connectivity index (χ3v) is 1.90. The normalized spacial score (nSPS) is 11.7. The van der Waals surface area contributed by atoms with Gasteiger partial charge in [0, 0.05) is 5.54 Å². The molecule has 0 heterocycles. The fourth-order valence-corrected chi connectivity index (χ4v) is 1.31. The second kappa shape index (κ2) is 7.14. The van der Waals surface area contributed by atoms with Gasteiger partial charge in [-0.25, -0.2) is 4.79 Å². The van der Waals surface area contributed by atoms with E-state index < -0.39 is 49.3 Å². The number of rotatable bonds is 5. The minimum Gasteiger partial charge on any atom is -0.480 e. The summed E-state index contributed by atoms with van der Waals surface area (Å²) in [4.78, 5) is 33.4. The molecule has 21 heavy (non-hydrogen) atoms. The molecule has 0 spiro atoms. The van der Waals surface area contributed by atoms with Gasteiger partial charge in [-0.2, -0.15) is 13.2 Å². The molecule has 0 unspecified atom stereocenters. The number of nitrogens with one attached hydrogen (secondary N) is 2. The summed E-state index contributed by atoms with van der Waals surface area (Å²) in [7, 11) is 0. The highest BCUT2D eigenvalue weighted by Gasteiger charge is 2.34. The maximum atomic E-state index is 12.2. The molecule has 0 fully saturated rings. The fraction of sp³-hybridized carbons (Fsp3) is 0.727. The first-order valence-electron chi connectivity index (χ1n) is 5.92. The summed E-state index contributed by atoms with van der Waals surface area (Å²) in [5.74, 6) is -2.19. The number of urea groups is 1. The van der Waals surface area contributed by atoms with Crippen LogP contribution in [0.1, 0.15) is 20.8 Å². The second-order valence-corrected chi connectivity index (χ2v) is 5.32. The van der Waals surface area contributed by atoms with Crippen LogP contribution in [0.15, 0.2) is 0 Å². The molecule has 0 aliphatic rings.